The van der Waals surface area contributed by atoms with Crippen LogP contribution in [0.2, 0.25) is 0 Å². The first-order valence-corrected chi connectivity index (χ1v) is 11.2. The SMILES string of the molecule is CNc1ccnc(N(C)C2CCC(CNCc3cc(Br)c(OC)c(OC)c3)CC2)n1. The molecule has 2 N–H and O–H groups in total. The molecule has 2 aromatic rings. The molecule has 0 atom stereocenters. The second-order valence-corrected chi connectivity index (χ2v) is 8.58. The zero-order valence-electron chi connectivity index (χ0n) is 18.2. The Morgan fingerprint density at radius 2 is 1.93 bits per heavy atom. The smallest absolute Gasteiger partial charge is 0.227 e. The molecule has 0 saturated heterocycles. The molecule has 0 radical (unpaired) electrons. The Morgan fingerprint density at radius 3 is 2.60 bits per heavy atom. The Kier molecular flexibility index (Phi) is 8.16. The molecule has 1 heterocycles. The van der Waals surface area contributed by atoms with E-state index in [4.69, 9.17) is 9.47 Å². The van der Waals surface area contributed by atoms with Crippen LogP contribution in [0.3, 0.4) is 0 Å². The normalized spacial score (nSPS) is 18.7. The van der Waals surface area contributed by atoms with Gasteiger partial charge in [-0.3, -0.25) is 0 Å². The summed E-state index contributed by atoms with van der Waals surface area (Å²) < 4.78 is 11.7. The zero-order chi connectivity index (χ0) is 21.5. The molecule has 164 valence electrons. The first kappa shape index (κ1) is 22.6. The van der Waals surface area contributed by atoms with Crippen LogP contribution in [0, 0.1) is 5.92 Å². The summed E-state index contributed by atoms with van der Waals surface area (Å²) in [5, 5.41) is 6.70. The molecular formula is C22H32BrN5O2. The van der Waals surface area contributed by atoms with E-state index >= 15 is 0 Å². The van der Waals surface area contributed by atoms with E-state index in [2.05, 4.69) is 54.5 Å². The lowest BCUT2D eigenvalue weighted by Crippen LogP contribution is -2.38. The van der Waals surface area contributed by atoms with Crippen molar-refractivity contribution in [1.29, 1.82) is 0 Å². The molecule has 1 fully saturated rings. The fourth-order valence-electron chi connectivity index (χ4n) is 4.05. The number of aromatic nitrogens is 2. The highest BCUT2D eigenvalue weighted by Crippen LogP contribution is 2.36. The first-order chi connectivity index (χ1) is 14.5. The molecule has 3 rings (SSSR count). The lowest BCUT2D eigenvalue weighted by Gasteiger charge is -2.34. The minimum absolute atomic E-state index is 0.496. The van der Waals surface area contributed by atoms with Crippen LogP contribution in [0.1, 0.15) is 31.2 Å². The predicted octanol–water partition coefficient (Wildman–Crippen LogP) is 4.08. The lowest BCUT2D eigenvalue weighted by atomic mass is 9.85. The Bertz CT molecular complexity index is 827. The molecule has 1 aromatic carbocycles. The molecule has 0 bridgehead atoms. The van der Waals surface area contributed by atoms with Crippen LogP contribution >= 0.6 is 15.9 Å². The third-order valence-electron chi connectivity index (χ3n) is 5.83. The fourth-order valence-corrected chi connectivity index (χ4v) is 4.70. The van der Waals surface area contributed by atoms with E-state index in [9.17, 15) is 0 Å². The van der Waals surface area contributed by atoms with Crippen LogP contribution in [0.15, 0.2) is 28.9 Å². The van der Waals surface area contributed by atoms with Crippen molar-refractivity contribution in [2.24, 2.45) is 5.92 Å². The van der Waals surface area contributed by atoms with Crippen LogP contribution in [-0.2, 0) is 6.54 Å². The van der Waals surface area contributed by atoms with E-state index in [1.807, 2.05) is 25.4 Å². The van der Waals surface area contributed by atoms with Crippen molar-refractivity contribution in [3.05, 3.63) is 34.4 Å². The monoisotopic (exact) mass is 477 g/mol. The number of methoxy groups -OCH3 is 2. The maximum absolute atomic E-state index is 5.44. The molecule has 8 heteroatoms. The van der Waals surface area contributed by atoms with Crippen LogP contribution in [0.5, 0.6) is 11.5 Å². The van der Waals surface area contributed by atoms with Crippen LogP contribution in [-0.4, -0.2) is 50.9 Å². The van der Waals surface area contributed by atoms with Crippen LogP contribution in [0.25, 0.3) is 0 Å². The van der Waals surface area contributed by atoms with E-state index in [1.165, 1.54) is 18.4 Å². The predicted molar refractivity (Wildman–Crippen MR) is 125 cm³/mol. The average Bonchev–Trinajstić information content (AvgIpc) is 2.78. The van der Waals surface area contributed by atoms with E-state index in [1.54, 1.807) is 14.2 Å². The number of ether oxygens (including phenoxy) is 2. The van der Waals surface area contributed by atoms with Gasteiger partial charge < -0.3 is 25.0 Å². The van der Waals surface area contributed by atoms with Gasteiger partial charge in [-0.2, -0.15) is 4.98 Å². The average molecular weight is 478 g/mol. The van der Waals surface area contributed by atoms with Gasteiger partial charge in [0.25, 0.3) is 0 Å². The molecule has 7 nitrogen and oxygen atoms in total. The number of hydrogen-bond acceptors (Lipinski definition) is 7. The van der Waals surface area contributed by atoms with Gasteiger partial charge in [-0.25, -0.2) is 4.98 Å². The van der Waals surface area contributed by atoms with Crippen LogP contribution in [0.4, 0.5) is 11.8 Å². The number of nitrogens with one attached hydrogen (secondary N) is 2. The Balaban J connectivity index is 1.47. The summed E-state index contributed by atoms with van der Waals surface area (Å²) in [4.78, 5) is 11.2. The van der Waals surface area contributed by atoms with Gasteiger partial charge in [0.15, 0.2) is 11.5 Å². The van der Waals surface area contributed by atoms with Gasteiger partial charge in [-0.1, -0.05) is 0 Å². The number of rotatable bonds is 9. The summed E-state index contributed by atoms with van der Waals surface area (Å²) in [5.41, 5.74) is 1.18. The molecule has 1 aromatic heterocycles. The van der Waals surface area contributed by atoms with Crippen molar-refractivity contribution in [2.45, 2.75) is 38.3 Å². The number of halogens is 1. The molecule has 30 heavy (non-hydrogen) atoms. The fraction of sp³-hybridized carbons (Fsp3) is 0.545. The quantitative estimate of drug-likeness (QED) is 0.563. The number of anilines is 2. The molecule has 1 saturated carbocycles. The zero-order valence-corrected chi connectivity index (χ0v) is 19.8. The van der Waals surface area contributed by atoms with Gasteiger partial charge in [-0.15, -0.1) is 0 Å². The van der Waals surface area contributed by atoms with Crippen molar-refractivity contribution < 1.29 is 9.47 Å². The summed E-state index contributed by atoms with van der Waals surface area (Å²) in [6.45, 7) is 1.83. The van der Waals surface area contributed by atoms with Crippen molar-refractivity contribution in [1.82, 2.24) is 15.3 Å². The lowest BCUT2D eigenvalue weighted by molar-refractivity contribution is 0.307. The Morgan fingerprint density at radius 1 is 1.17 bits per heavy atom. The standard InChI is InChI=1S/C22H32BrN5O2/c1-24-20-9-10-26-22(27-20)28(2)17-7-5-15(6-8-17)13-25-14-16-11-18(23)21(30-4)19(12-16)29-3/h9-12,15,17,25H,5-8,13-14H2,1-4H3,(H,24,26,27). The van der Waals surface area contributed by atoms with Gasteiger partial charge >= 0.3 is 0 Å². The van der Waals surface area contributed by atoms with Crippen molar-refractivity contribution in [3.8, 4) is 11.5 Å². The van der Waals surface area contributed by atoms with Gasteiger partial charge in [-0.05, 0) is 77.8 Å². The van der Waals surface area contributed by atoms with E-state index in [0.29, 0.717) is 12.0 Å². The molecular weight excluding hydrogens is 446 g/mol. The highest BCUT2D eigenvalue weighted by atomic mass is 79.9. The highest BCUT2D eigenvalue weighted by molar-refractivity contribution is 9.10. The van der Waals surface area contributed by atoms with Crippen molar-refractivity contribution in [3.63, 3.8) is 0 Å². The summed E-state index contributed by atoms with van der Waals surface area (Å²) >= 11 is 3.56. The number of benzene rings is 1. The second-order valence-electron chi connectivity index (χ2n) is 7.72. The Labute approximate surface area is 187 Å². The van der Waals surface area contributed by atoms with Gasteiger partial charge in [0.1, 0.15) is 5.82 Å². The van der Waals surface area contributed by atoms with Gasteiger partial charge in [0, 0.05) is 32.9 Å². The highest BCUT2D eigenvalue weighted by Gasteiger charge is 2.25. The van der Waals surface area contributed by atoms with Crippen LogP contribution < -0.4 is 25.0 Å². The van der Waals surface area contributed by atoms with E-state index in [-0.39, 0.29) is 0 Å². The molecule has 0 spiro atoms. The van der Waals surface area contributed by atoms with Gasteiger partial charge in [0.2, 0.25) is 5.95 Å². The van der Waals surface area contributed by atoms with Crippen molar-refractivity contribution in [2.75, 3.05) is 45.1 Å². The maximum Gasteiger partial charge on any atom is 0.227 e. The number of hydrogen-bond donors (Lipinski definition) is 2. The number of nitrogens with zero attached hydrogens (tertiary/aromatic N) is 3. The van der Waals surface area contributed by atoms with E-state index < -0.39 is 0 Å². The minimum atomic E-state index is 0.496. The first-order valence-electron chi connectivity index (χ1n) is 10.4. The molecule has 0 unspecified atom stereocenters. The molecule has 0 amide bonds. The van der Waals surface area contributed by atoms with Gasteiger partial charge in [0.05, 0.1) is 18.7 Å². The van der Waals surface area contributed by atoms with Crippen molar-refractivity contribution >= 4 is 27.7 Å². The summed E-state index contributed by atoms with van der Waals surface area (Å²) in [6.07, 6.45) is 6.56. The summed E-state index contributed by atoms with van der Waals surface area (Å²) in [7, 11) is 7.30. The molecule has 1 aliphatic carbocycles. The Hall–Kier alpha value is -2.06. The second kappa shape index (κ2) is 10.8. The topological polar surface area (TPSA) is 71.5 Å². The minimum Gasteiger partial charge on any atom is -0.493 e. The summed E-state index contributed by atoms with van der Waals surface area (Å²) in [5.74, 6) is 3.82. The largest absolute Gasteiger partial charge is 0.493 e. The molecule has 0 aliphatic heterocycles. The van der Waals surface area contributed by atoms with E-state index in [0.717, 1.165) is 53.7 Å². The maximum atomic E-state index is 5.44. The molecule has 1 aliphatic rings. The summed E-state index contributed by atoms with van der Waals surface area (Å²) in [6, 6.07) is 6.49. The third-order valence-corrected chi connectivity index (χ3v) is 6.42. The third kappa shape index (κ3) is 5.55.